The Hall–Kier alpha value is -2.16. The van der Waals surface area contributed by atoms with Crippen molar-refractivity contribution in [2.45, 2.75) is 43.0 Å². The molecule has 1 aliphatic rings. The fourth-order valence-corrected chi connectivity index (χ4v) is 4.66. The number of furan rings is 1. The third-order valence-electron chi connectivity index (χ3n) is 5.26. The molecule has 1 amide bonds. The molecule has 2 N–H and O–H groups in total. The highest BCUT2D eigenvalue weighted by Gasteiger charge is 2.19. The van der Waals surface area contributed by atoms with Crippen molar-refractivity contribution in [1.82, 2.24) is 14.9 Å². The van der Waals surface area contributed by atoms with E-state index in [0.29, 0.717) is 6.54 Å². The zero-order valence-corrected chi connectivity index (χ0v) is 17.8. The Bertz CT molecular complexity index is 923. The lowest BCUT2D eigenvalue weighted by atomic mass is 9.92. The minimum absolute atomic E-state index is 0.0542. The molecule has 2 aromatic rings. The highest BCUT2D eigenvalue weighted by Crippen LogP contribution is 2.24. The van der Waals surface area contributed by atoms with Gasteiger partial charge < -0.3 is 9.73 Å². The number of aryl methyl sites for hydroxylation is 2. The summed E-state index contributed by atoms with van der Waals surface area (Å²) in [6, 6.07) is 8.92. The highest BCUT2D eigenvalue weighted by molar-refractivity contribution is 7.89. The molecule has 0 saturated carbocycles. The van der Waals surface area contributed by atoms with Crippen molar-refractivity contribution in [2.24, 2.45) is 0 Å². The van der Waals surface area contributed by atoms with E-state index >= 15 is 0 Å². The summed E-state index contributed by atoms with van der Waals surface area (Å²) in [6.07, 6.45) is 5.85. The topological polar surface area (TPSA) is 91.7 Å². The number of carbonyl (C=O) groups is 1. The SMILES string of the molecule is CN(C)C(CNC(=O)CCNS(=O)(=O)c1ccc2c(c1)CCCC2)c1ccco1. The Balaban J connectivity index is 1.49. The van der Waals surface area contributed by atoms with Crippen LogP contribution in [0.4, 0.5) is 0 Å². The molecule has 29 heavy (non-hydrogen) atoms. The van der Waals surface area contributed by atoms with Crippen LogP contribution in [0.3, 0.4) is 0 Å². The van der Waals surface area contributed by atoms with E-state index < -0.39 is 10.0 Å². The van der Waals surface area contributed by atoms with Gasteiger partial charge in [-0.25, -0.2) is 13.1 Å². The summed E-state index contributed by atoms with van der Waals surface area (Å²) in [6.45, 7) is 0.440. The highest BCUT2D eigenvalue weighted by atomic mass is 32.2. The monoisotopic (exact) mass is 419 g/mol. The molecule has 1 unspecified atom stereocenters. The van der Waals surface area contributed by atoms with Gasteiger partial charge in [-0.15, -0.1) is 0 Å². The van der Waals surface area contributed by atoms with Crippen molar-refractivity contribution in [3.05, 3.63) is 53.5 Å². The molecule has 0 radical (unpaired) electrons. The van der Waals surface area contributed by atoms with Crippen molar-refractivity contribution >= 4 is 15.9 Å². The average Bonchev–Trinajstić information content (AvgIpc) is 3.21. The number of nitrogens with zero attached hydrogens (tertiary/aromatic N) is 1. The van der Waals surface area contributed by atoms with Gasteiger partial charge in [0.25, 0.3) is 0 Å². The predicted molar refractivity (Wildman–Crippen MR) is 111 cm³/mol. The maximum absolute atomic E-state index is 12.5. The quantitative estimate of drug-likeness (QED) is 0.650. The van der Waals surface area contributed by atoms with E-state index in [2.05, 4.69) is 10.0 Å². The van der Waals surface area contributed by atoms with E-state index in [4.69, 9.17) is 4.42 Å². The number of likely N-dealkylation sites (N-methyl/N-ethyl adjacent to an activating group) is 1. The summed E-state index contributed by atoms with van der Waals surface area (Å²) >= 11 is 0. The Labute approximate surface area is 172 Å². The molecule has 158 valence electrons. The molecule has 0 saturated heterocycles. The first kappa shape index (κ1) is 21.5. The molecule has 3 rings (SSSR count). The number of fused-ring (bicyclic) bond motifs is 1. The lowest BCUT2D eigenvalue weighted by Gasteiger charge is -2.22. The molecule has 1 aromatic carbocycles. The second kappa shape index (κ2) is 9.56. The second-order valence-corrected chi connectivity index (χ2v) is 9.35. The fourth-order valence-electron chi connectivity index (χ4n) is 3.58. The Morgan fingerprint density at radius 3 is 2.62 bits per heavy atom. The number of amides is 1. The number of nitrogens with one attached hydrogen (secondary N) is 2. The van der Waals surface area contributed by atoms with Crippen LogP contribution in [0.25, 0.3) is 0 Å². The number of hydrogen-bond acceptors (Lipinski definition) is 5. The Morgan fingerprint density at radius 1 is 1.17 bits per heavy atom. The van der Waals surface area contributed by atoms with Crippen LogP contribution >= 0.6 is 0 Å². The number of carbonyl (C=O) groups excluding carboxylic acids is 1. The number of benzene rings is 1. The van der Waals surface area contributed by atoms with Crippen molar-refractivity contribution in [1.29, 1.82) is 0 Å². The van der Waals surface area contributed by atoms with E-state index in [1.807, 2.05) is 37.2 Å². The molecule has 8 heteroatoms. The lowest BCUT2D eigenvalue weighted by molar-refractivity contribution is -0.121. The van der Waals surface area contributed by atoms with Gasteiger partial charge in [-0.3, -0.25) is 9.69 Å². The van der Waals surface area contributed by atoms with E-state index in [1.54, 1.807) is 18.4 Å². The number of hydrogen-bond donors (Lipinski definition) is 2. The fraction of sp³-hybridized carbons (Fsp3) is 0.476. The van der Waals surface area contributed by atoms with Crippen LogP contribution in [-0.4, -0.2) is 46.4 Å². The van der Waals surface area contributed by atoms with Crippen LogP contribution in [-0.2, 0) is 27.7 Å². The predicted octanol–water partition coefficient (Wildman–Crippen LogP) is 2.25. The zero-order valence-electron chi connectivity index (χ0n) is 17.0. The summed E-state index contributed by atoms with van der Waals surface area (Å²) in [5.41, 5.74) is 2.35. The van der Waals surface area contributed by atoms with Crippen LogP contribution < -0.4 is 10.0 Å². The molecular formula is C21H29N3O4S. The summed E-state index contributed by atoms with van der Waals surface area (Å²) in [5, 5.41) is 2.84. The van der Waals surface area contributed by atoms with Crippen LogP contribution in [0.2, 0.25) is 0 Å². The van der Waals surface area contributed by atoms with E-state index in [0.717, 1.165) is 37.0 Å². The zero-order chi connectivity index (χ0) is 20.9. The van der Waals surface area contributed by atoms with Crippen LogP contribution in [0.5, 0.6) is 0 Å². The number of sulfonamides is 1. The Kier molecular flexibility index (Phi) is 7.10. The van der Waals surface area contributed by atoms with Crippen LogP contribution in [0.1, 0.15) is 42.2 Å². The van der Waals surface area contributed by atoms with Gasteiger partial charge in [-0.2, -0.15) is 0 Å². The van der Waals surface area contributed by atoms with Gasteiger partial charge in [0.2, 0.25) is 15.9 Å². The average molecular weight is 420 g/mol. The maximum atomic E-state index is 12.5. The van der Waals surface area contributed by atoms with Gasteiger partial charge in [0.1, 0.15) is 5.76 Å². The van der Waals surface area contributed by atoms with E-state index in [9.17, 15) is 13.2 Å². The summed E-state index contributed by atoms with van der Waals surface area (Å²) in [4.78, 5) is 14.4. The van der Waals surface area contributed by atoms with Crippen LogP contribution in [0, 0.1) is 0 Å². The third kappa shape index (κ3) is 5.68. The lowest BCUT2D eigenvalue weighted by Crippen LogP contribution is -2.36. The standard InChI is InChI=1S/C21H29N3O4S/c1-24(2)19(20-8-5-13-28-20)15-22-21(25)11-12-23-29(26,27)18-10-9-16-6-3-4-7-17(16)14-18/h5,8-10,13-14,19,23H,3-4,6-7,11-12,15H2,1-2H3,(H,22,25). The van der Waals surface area contributed by atoms with Gasteiger partial charge in [-0.05, 0) is 75.2 Å². The van der Waals surface area contributed by atoms with Gasteiger partial charge in [-0.1, -0.05) is 6.07 Å². The molecular weight excluding hydrogens is 390 g/mol. The summed E-state index contributed by atoms with van der Waals surface area (Å²) < 4.78 is 33.0. The first-order valence-electron chi connectivity index (χ1n) is 9.95. The third-order valence-corrected chi connectivity index (χ3v) is 6.72. The van der Waals surface area contributed by atoms with Gasteiger partial charge >= 0.3 is 0 Å². The van der Waals surface area contributed by atoms with Crippen molar-refractivity contribution in [3.63, 3.8) is 0 Å². The minimum Gasteiger partial charge on any atom is -0.468 e. The molecule has 1 aliphatic carbocycles. The minimum atomic E-state index is -3.62. The maximum Gasteiger partial charge on any atom is 0.240 e. The molecule has 1 heterocycles. The van der Waals surface area contributed by atoms with Crippen LogP contribution in [0.15, 0.2) is 45.9 Å². The van der Waals surface area contributed by atoms with E-state index in [1.165, 1.54) is 5.56 Å². The molecule has 0 bridgehead atoms. The first-order chi connectivity index (χ1) is 13.9. The van der Waals surface area contributed by atoms with Crippen molar-refractivity contribution in [2.75, 3.05) is 27.2 Å². The normalized spacial score (nSPS) is 15.1. The molecule has 1 aromatic heterocycles. The first-order valence-corrected chi connectivity index (χ1v) is 11.4. The number of rotatable bonds is 9. The van der Waals surface area contributed by atoms with Gasteiger partial charge in [0, 0.05) is 19.5 Å². The van der Waals surface area contributed by atoms with Gasteiger partial charge in [0.15, 0.2) is 0 Å². The molecule has 7 nitrogen and oxygen atoms in total. The molecule has 1 atom stereocenters. The van der Waals surface area contributed by atoms with Gasteiger partial charge in [0.05, 0.1) is 17.2 Å². The van der Waals surface area contributed by atoms with E-state index in [-0.39, 0.29) is 29.8 Å². The summed E-state index contributed by atoms with van der Waals surface area (Å²) in [5.74, 6) is 0.556. The molecule has 0 spiro atoms. The van der Waals surface area contributed by atoms with Crippen molar-refractivity contribution < 1.29 is 17.6 Å². The van der Waals surface area contributed by atoms with Crippen molar-refractivity contribution in [3.8, 4) is 0 Å². The second-order valence-electron chi connectivity index (χ2n) is 7.58. The smallest absolute Gasteiger partial charge is 0.240 e. The largest absolute Gasteiger partial charge is 0.468 e. The molecule has 0 fully saturated rings. The molecule has 0 aliphatic heterocycles. The summed E-state index contributed by atoms with van der Waals surface area (Å²) in [7, 11) is 0.195. The Morgan fingerprint density at radius 2 is 1.93 bits per heavy atom.